The molecule has 1 aromatic rings. The molecular formula is C12H15BrN2OS. The first-order chi connectivity index (χ1) is 8.00. The van der Waals surface area contributed by atoms with Crippen LogP contribution in [0.3, 0.4) is 0 Å². The molecule has 0 saturated carbocycles. The number of hydrogen-bond donors (Lipinski definition) is 2. The Morgan fingerprint density at radius 1 is 1.53 bits per heavy atom. The van der Waals surface area contributed by atoms with Crippen molar-refractivity contribution in [2.75, 3.05) is 6.54 Å². The summed E-state index contributed by atoms with van der Waals surface area (Å²) in [6.07, 6.45) is 1.43. The van der Waals surface area contributed by atoms with Crippen molar-refractivity contribution >= 4 is 39.0 Å². The molecule has 0 fully saturated rings. The summed E-state index contributed by atoms with van der Waals surface area (Å²) in [6, 6.07) is 5.68. The fourth-order valence-corrected chi connectivity index (χ4v) is 1.94. The summed E-state index contributed by atoms with van der Waals surface area (Å²) in [6.45, 7) is 2.53. The molecule has 0 aromatic heterocycles. The van der Waals surface area contributed by atoms with Gasteiger partial charge in [0.1, 0.15) is 0 Å². The van der Waals surface area contributed by atoms with Gasteiger partial charge in [-0.05, 0) is 47.8 Å². The van der Waals surface area contributed by atoms with Crippen molar-refractivity contribution < 1.29 is 4.79 Å². The lowest BCUT2D eigenvalue weighted by molar-refractivity contribution is 0.0952. The number of carbonyl (C=O) groups is 1. The van der Waals surface area contributed by atoms with Gasteiger partial charge in [-0.25, -0.2) is 0 Å². The minimum absolute atomic E-state index is 0.0801. The van der Waals surface area contributed by atoms with Crippen molar-refractivity contribution in [2.24, 2.45) is 5.73 Å². The van der Waals surface area contributed by atoms with Gasteiger partial charge in [0.2, 0.25) is 0 Å². The normalized spacial score (nSPS) is 10.0. The molecule has 0 bridgehead atoms. The number of thiocarbonyl (C=S) groups is 1. The molecule has 1 aromatic carbocycles. The Morgan fingerprint density at radius 3 is 2.88 bits per heavy atom. The first-order valence-corrected chi connectivity index (χ1v) is 6.53. The van der Waals surface area contributed by atoms with E-state index in [9.17, 15) is 4.79 Å². The average molecular weight is 315 g/mol. The number of nitrogens with two attached hydrogens (primary N) is 1. The second kappa shape index (κ2) is 6.71. The quantitative estimate of drug-likeness (QED) is 0.648. The van der Waals surface area contributed by atoms with E-state index in [0.29, 0.717) is 23.5 Å². The lowest BCUT2D eigenvalue weighted by Gasteiger charge is -2.07. The Hall–Kier alpha value is -0.940. The summed E-state index contributed by atoms with van der Waals surface area (Å²) >= 11 is 8.13. The fourth-order valence-electron chi connectivity index (χ4n) is 1.37. The monoisotopic (exact) mass is 314 g/mol. The Morgan fingerprint density at radius 2 is 2.24 bits per heavy atom. The molecule has 0 heterocycles. The van der Waals surface area contributed by atoms with Gasteiger partial charge in [0.15, 0.2) is 0 Å². The van der Waals surface area contributed by atoms with E-state index < -0.39 is 0 Å². The average Bonchev–Trinajstić information content (AvgIpc) is 2.27. The van der Waals surface area contributed by atoms with Crippen LogP contribution in [0, 0.1) is 6.92 Å². The maximum atomic E-state index is 11.9. The largest absolute Gasteiger partial charge is 0.393 e. The van der Waals surface area contributed by atoms with Gasteiger partial charge in [0, 0.05) is 11.0 Å². The van der Waals surface area contributed by atoms with E-state index in [1.807, 2.05) is 25.1 Å². The van der Waals surface area contributed by atoms with Crippen LogP contribution in [0.2, 0.25) is 0 Å². The topological polar surface area (TPSA) is 55.1 Å². The summed E-state index contributed by atoms with van der Waals surface area (Å²) in [5.74, 6) is -0.0801. The van der Waals surface area contributed by atoms with Gasteiger partial charge in [0.25, 0.3) is 5.91 Å². The van der Waals surface area contributed by atoms with Crippen molar-refractivity contribution in [2.45, 2.75) is 19.8 Å². The molecule has 5 heteroatoms. The van der Waals surface area contributed by atoms with Crippen molar-refractivity contribution in [3.63, 3.8) is 0 Å². The number of hydrogen-bond acceptors (Lipinski definition) is 2. The molecule has 1 amide bonds. The number of aryl methyl sites for hydroxylation is 1. The highest BCUT2D eigenvalue weighted by Crippen LogP contribution is 2.17. The molecule has 92 valence electrons. The summed E-state index contributed by atoms with van der Waals surface area (Å²) in [5, 5.41) is 2.84. The number of nitrogens with one attached hydrogen (secondary N) is 1. The van der Waals surface area contributed by atoms with Crippen molar-refractivity contribution in [3.8, 4) is 0 Å². The lowest BCUT2D eigenvalue weighted by atomic mass is 10.1. The summed E-state index contributed by atoms with van der Waals surface area (Å²) < 4.78 is 0.801. The van der Waals surface area contributed by atoms with E-state index in [1.54, 1.807) is 0 Å². The number of halogens is 1. The standard InChI is InChI=1S/C12H15BrN2OS/c1-8-4-5-10(13)9(7-8)12(16)15-6-2-3-11(14)17/h4-5,7H,2-3,6H2,1H3,(H2,14,17)(H,15,16). The predicted molar refractivity (Wildman–Crippen MR) is 77.2 cm³/mol. The zero-order valence-corrected chi connectivity index (χ0v) is 12.0. The van der Waals surface area contributed by atoms with Gasteiger partial charge in [-0.1, -0.05) is 23.8 Å². The van der Waals surface area contributed by atoms with Crippen LogP contribution in [-0.4, -0.2) is 17.4 Å². The van der Waals surface area contributed by atoms with Crippen molar-refractivity contribution in [3.05, 3.63) is 33.8 Å². The number of benzene rings is 1. The summed E-state index contributed by atoms with van der Waals surface area (Å²) in [7, 11) is 0. The maximum absolute atomic E-state index is 11.9. The van der Waals surface area contributed by atoms with Crippen LogP contribution in [0.4, 0.5) is 0 Å². The molecule has 0 radical (unpaired) electrons. The van der Waals surface area contributed by atoms with E-state index in [2.05, 4.69) is 21.2 Å². The van der Waals surface area contributed by atoms with E-state index in [0.717, 1.165) is 16.5 Å². The molecule has 0 aliphatic rings. The summed E-state index contributed by atoms with van der Waals surface area (Å²) in [5.41, 5.74) is 7.09. The van der Waals surface area contributed by atoms with E-state index in [4.69, 9.17) is 18.0 Å². The van der Waals surface area contributed by atoms with Gasteiger partial charge in [0.05, 0.1) is 10.6 Å². The van der Waals surface area contributed by atoms with Gasteiger partial charge in [-0.3, -0.25) is 4.79 Å². The molecule has 0 atom stereocenters. The Bertz CT molecular complexity index is 435. The molecule has 17 heavy (non-hydrogen) atoms. The van der Waals surface area contributed by atoms with Crippen LogP contribution >= 0.6 is 28.1 Å². The number of amides is 1. The zero-order chi connectivity index (χ0) is 12.8. The minimum Gasteiger partial charge on any atom is -0.393 e. The number of rotatable bonds is 5. The van der Waals surface area contributed by atoms with Crippen LogP contribution in [-0.2, 0) is 0 Å². The Kier molecular flexibility index (Phi) is 5.58. The second-order valence-corrected chi connectivity index (χ2v) is 5.19. The SMILES string of the molecule is Cc1ccc(Br)c(C(=O)NCCCC(N)=S)c1. The lowest BCUT2D eigenvalue weighted by Crippen LogP contribution is -2.25. The van der Waals surface area contributed by atoms with Crippen LogP contribution in [0.15, 0.2) is 22.7 Å². The minimum atomic E-state index is -0.0801. The first kappa shape index (κ1) is 14.1. The van der Waals surface area contributed by atoms with Gasteiger partial charge in [-0.15, -0.1) is 0 Å². The molecular weight excluding hydrogens is 300 g/mol. The summed E-state index contributed by atoms with van der Waals surface area (Å²) in [4.78, 5) is 12.3. The molecule has 0 unspecified atom stereocenters. The van der Waals surface area contributed by atoms with E-state index in [-0.39, 0.29) is 5.91 Å². The smallest absolute Gasteiger partial charge is 0.252 e. The second-order valence-electron chi connectivity index (χ2n) is 3.81. The van der Waals surface area contributed by atoms with Crippen LogP contribution in [0.5, 0.6) is 0 Å². The molecule has 0 aliphatic carbocycles. The predicted octanol–water partition coefficient (Wildman–Crippen LogP) is 2.55. The van der Waals surface area contributed by atoms with Crippen molar-refractivity contribution in [1.29, 1.82) is 0 Å². The van der Waals surface area contributed by atoms with E-state index >= 15 is 0 Å². The molecule has 0 aliphatic heterocycles. The third kappa shape index (κ3) is 4.83. The van der Waals surface area contributed by atoms with Crippen molar-refractivity contribution in [1.82, 2.24) is 5.32 Å². The third-order valence-electron chi connectivity index (χ3n) is 2.25. The fraction of sp³-hybridized carbons (Fsp3) is 0.333. The highest BCUT2D eigenvalue weighted by molar-refractivity contribution is 9.10. The first-order valence-electron chi connectivity index (χ1n) is 5.33. The Balaban J connectivity index is 2.52. The molecule has 1 rings (SSSR count). The van der Waals surface area contributed by atoms with E-state index in [1.165, 1.54) is 0 Å². The van der Waals surface area contributed by atoms with Gasteiger partial charge >= 0.3 is 0 Å². The molecule has 3 nitrogen and oxygen atoms in total. The highest BCUT2D eigenvalue weighted by atomic mass is 79.9. The van der Waals surface area contributed by atoms with Crippen LogP contribution in [0.25, 0.3) is 0 Å². The Labute approximate surface area is 115 Å². The van der Waals surface area contributed by atoms with Crippen LogP contribution in [0.1, 0.15) is 28.8 Å². The highest BCUT2D eigenvalue weighted by Gasteiger charge is 2.09. The van der Waals surface area contributed by atoms with Gasteiger partial charge < -0.3 is 11.1 Å². The zero-order valence-electron chi connectivity index (χ0n) is 9.63. The molecule has 3 N–H and O–H groups in total. The third-order valence-corrected chi connectivity index (χ3v) is 3.15. The molecule has 0 spiro atoms. The molecule has 0 saturated heterocycles. The number of carbonyl (C=O) groups excluding carboxylic acids is 1. The maximum Gasteiger partial charge on any atom is 0.252 e. The van der Waals surface area contributed by atoms with Crippen LogP contribution < -0.4 is 11.1 Å². The van der Waals surface area contributed by atoms with Gasteiger partial charge in [-0.2, -0.15) is 0 Å².